The first-order chi connectivity index (χ1) is 13.2. The first kappa shape index (κ1) is 20.8. The molecule has 2 aromatic carbocycles. The Morgan fingerprint density at radius 1 is 1.04 bits per heavy atom. The van der Waals surface area contributed by atoms with Crippen LogP contribution in [0.4, 0.5) is 0 Å². The van der Waals surface area contributed by atoms with E-state index in [1.165, 1.54) is 48.6 Å². The molecular weight excluding hydrogens is 390 g/mol. The molecule has 0 atom stereocenters. The Hall–Kier alpha value is -1.95. The molecule has 1 fully saturated rings. The van der Waals surface area contributed by atoms with Crippen LogP contribution in [0.3, 0.4) is 0 Å². The molecule has 4 nitrogen and oxygen atoms in total. The van der Waals surface area contributed by atoms with Gasteiger partial charge in [-0.2, -0.15) is 9.36 Å². The Morgan fingerprint density at radius 2 is 1.79 bits per heavy atom. The van der Waals surface area contributed by atoms with Crippen LogP contribution in [0, 0.1) is 13.8 Å². The van der Waals surface area contributed by atoms with E-state index in [2.05, 4.69) is 40.2 Å². The van der Waals surface area contributed by atoms with E-state index in [9.17, 15) is 0 Å². The lowest BCUT2D eigenvalue weighted by Crippen LogP contribution is -2.22. The van der Waals surface area contributed by atoms with E-state index in [1.807, 2.05) is 30.3 Å². The van der Waals surface area contributed by atoms with Crippen LogP contribution in [-0.4, -0.2) is 33.9 Å². The van der Waals surface area contributed by atoms with Gasteiger partial charge in [0.05, 0.1) is 0 Å². The number of hydrogen-bond acceptors (Lipinski definition) is 5. The molecule has 1 aliphatic heterocycles. The molecule has 1 aromatic heterocycles. The van der Waals surface area contributed by atoms with Crippen molar-refractivity contribution in [2.24, 2.45) is 0 Å². The predicted octanol–water partition coefficient (Wildman–Crippen LogP) is 5.67. The van der Waals surface area contributed by atoms with Gasteiger partial charge >= 0.3 is 0 Å². The zero-order valence-corrected chi connectivity index (χ0v) is 18.0. The largest absolute Gasteiger partial charge is 0.430 e. The Kier molecular flexibility index (Phi) is 7.05. The number of aromatic nitrogens is 2. The van der Waals surface area contributed by atoms with Gasteiger partial charge in [-0.1, -0.05) is 36.4 Å². The van der Waals surface area contributed by atoms with Crippen molar-refractivity contribution in [2.75, 3.05) is 19.6 Å². The zero-order valence-electron chi connectivity index (χ0n) is 16.4. The molecule has 6 heteroatoms. The first-order valence-electron chi connectivity index (χ1n) is 9.58. The van der Waals surface area contributed by atoms with E-state index >= 15 is 0 Å². The number of benzene rings is 2. The molecule has 4 rings (SSSR count). The number of likely N-dealkylation sites (tertiary alicyclic amines) is 1. The van der Waals surface area contributed by atoms with E-state index in [-0.39, 0.29) is 12.4 Å². The van der Waals surface area contributed by atoms with Crippen LogP contribution in [0.25, 0.3) is 11.4 Å². The molecule has 2 heterocycles. The van der Waals surface area contributed by atoms with Crippen molar-refractivity contribution in [1.82, 2.24) is 14.3 Å². The summed E-state index contributed by atoms with van der Waals surface area (Å²) >= 11 is 1.30. The Morgan fingerprint density at radius 3 is 2.54 bits per heavy atom. The minimum Gasteiger partial charge on any atom is -0.430 e. The van der Waals surface area contributed by atoms with E-state index < -0.39 is 0 Å². The van der Waals surface area contributed by atoms with Crippen LogP contribution >= 0.6 is 23.9 Å². The van der Waals surface area contributed by atoms with Gasteiger partial charge in [0.1, 0.15) is 5.75 Å². The smallest absolute Gasteiger partial charge is 0.299 e. The third-order valence-corrected chi connectivity index (χ3v) is 5.76. The summed E-state index contributed by atoms with van der Waals surface area (Å²) in [6.45, 7) is 7.92. The average molecular weight is 416 g/mol. The van der Waals surface area contributed by atoms with Gasteiger partial charge in [-0.15, -0.1) is 12.4 Å². The van der Waals surface area contributed by atoms with Crippen LogP contribution in [-0.2, 0) is 6.42 Å². The van der Waals surface area contributed by atoms with Gasteiger partial charge in [0.2, 0.25) is 0 Å². The maximum Gasteiger partial charge on any atom is 0.299 e. The summed E-state index contributed by atoms with van der Waals surface area (Å²) in [5.41, 5.74) is 4.85. The Labute approximate surface area is 177 Å². The van der Waals surface area contributed by atoms with Gasteiger partial charge in [0.15, 0.2) is 5.82 Å². The van der Waals surface area contributed by atoms with Gasteiger partial charge < -0.3 is 9.64 Å². The SMILES string of the molecule is Cc1cc(Oc2nc(-c3ccccc3)ns2)c(C)cc1CCN1CCCC1.Cl. The predicted molar refractivity (Wildman–Crippen MR) is 118 cm³/mol. The monoisotopic (exact) mass is 415 g/mol. The van der Waals surface area contributed by atoms with Crippen molar-refractivity contribution in [3.63, 3.8) is 0 Å². The zero-order chi connectivity index (χ0) is 18.6. The summed E-state index contributed by atoms with van der Waals surface area (Å²) < 4.78 is 10.5. The summed E-state index contributed by atoms with van der Waals surface area (Å²) in [5, 5.41) is 0.584. The Bertz CT molecular complexity index is 907. The van der Waals surface area contributed by atoms with Crippen LogP contribution < -0.4 is 4.74 Å². The Balaban J connectivity index is 0.00000225. The molecule has 0 saturated carbocycles. The molecule has 0 unspecified atom stereocenters. The fraction of sp³-hybridized carbons (Fsp3) is 0.364. The summed E-state index contributed by atoms with van der Waals surface area (Å²) in [6.07, 6.45) is 3.79. The summed E-state index contributed by atoms with van der Waals surface area (Å²) in [5.74, 6) is 1.58. The van der Waals surface area contributed by atoms with Gasteiger partial charge in [0, 0.05) is 23.6 Å². The lowest BCUT2D eigenvalue weighted by molar-refractivity contribution is 0.343. The molecule has 0 spiro atoms. The third kappa shape index (κ3) is 4.90. The minimum absolute atomic E-state index is 0. The second-order valence-electron chi connectivity index (χ2n) is 7.19. The quantitative estimate of drug-likeness (QED) is 0.519. The van der Waals surface area contributed by atoms with Crippen LogP contribution in [0.2, 0.25) is 0 Å². The normalized spacial score (nSPS) is 14.1. The molecule has 28 heavy (non-hydrogen) atoms. The van der Waals surface area contributed by atoms with E-state index in [0.717, 1.165) is 29.8 Å². The molecule has 1 aliphatic rings. The van der Waals surface area contributed by atoms with Crippen molar-refractivity contribution in [3.8, 4) is 22.3 Å². The maximum atomic E-state index is 6.06. The minimum atomic E-state index is 0. The van der Waals surface area contributed by atoms with Crippen molar-refractivity contribution in [3.05, 3.63) is 59.2 Å². The molecule has 0 amide bonds. The van der Waals surface area contributed by atoms with Crippen molar-refractivity contribution in [1.29, 1.82) is 0 Å². The summed E-state index contributed by atoms with van der Waals surface area (Å²) in [6, 6.07) is 14.4. The number of rotatable bonds is 6. The standard InChI is InChI=1S/C22H25N3OS.ClH/c1-16-15-20(17(2)14-19(16)10-13-25-11-6-7-12-25)26-22-23-21(24-27-22)18-8-4-3-5-9-18;/h3-5,8-9,14-15H,6-7,10-13H2,1-2H3;1H. The van der Waals surface area contributed by atoms with Gasteiger partial charge in [-0.05, 0) is 69.0 Å². The lowest BCUT2D eigenvalue weighted by Gasteiger charge is -2.16. The second-order valence-corrected chi connectivity index (χ2v) is 7.91. The lowest BCUT2D eigenvalue weighted by atomic mass is 10.0. The second kappa shape index (κ2) is 9.50. The topological polar surface area (TPSA) is 38.3 Å². The number of nitrogens with zero attached hydrogens (tertiary/aromatic N) is 3. The van der Waals surface area contributed by atoms with Crippen molar-refractivity contribution >= 4 is 23.9 Å². The molecule has 0 aliphatic carbocycles. The maximum absolute atomic E-state index is 6.06. The molecule has 148 valence electrons. The highest BCUT2D eigenvalue weighted by Crippen LogP contribution is 2.31. The molecule has 0 N–H and O–H groups in total. The van der Waals surface area contributed by atoms with Gasteiger partial charge in [-0.25, -0.2) is 0 Å². The molecule has 0 bridgehead atoms. The van der Waals surface area contributed by atoms with Crippen molar-refractivity contribution < 1.29 is 4.74 Å². The average Bonchev–Trinajstić information content (AvgIpc) is 3.36. The molecular formula is C22H26ClN3OS. The fourth-order valence-electron chi connectivity index (χ4n) is 3.56. The van der Waals surface area contributed by atoms with Crippen LogP contribution in [0.15, 0.2) is 42.5 Å². The van der Waals surface area contributed by atoms with Crippen molar-refractivity contribution in [2.45, 2.75) is 33.1 Å². The van der Waals surface area contributed by atoms with E-state index in [0.29, 0.717) is 11.0 Å². The molecule has 3 aromatic rings. The summed E-state index contributed by atoms with van der Waals surface area (Å²) in [7, 11) is 0. The first-order valence-corrected chi connectivity index (χ1v) is 10.4. The number of ether oxygens (including phenoxy) is 1. The number of halogens is 1. The highest BCUT2D eigenvalue weighted by atomic mass is 35.5. The van der Waals surface area contributed by atoms with Crippen LogP contribution in [0.5, 0.6) is 10.9 Å². The van der Waals surface area contributed by atoms with Crippen LogP contribution in [0.1, 0.15) is 29.5 Å². The summed E-state index contributed by atoms with van der Waals surface area (Å²) in [4.78, 5) is 7.10. The molecule has 1 saturated heterocycles. The van der Waals surface area contributed by atoms with E-state index in [4.69, 9.17) is 4.74 Å². The number of aryl methyl sites for hydroxylation is 2. The number of hydrogen-bond donors (Lipinski definition) is 0. The fourth-order valence-corrected chi connectivity index (χ4v) is 4.13. The highest BCUT2D eigenvalue weighted by Gasteiger charge is 2.14. The van der Waals surface area contributed by atoms with E-state index in [1.54, 1.807) is 0 Å². The van der Waals surface area contributed by atoms with Gasteiger partial charge in [0.25, 0.3) is 5.19 Å². The third-order valence-electron chi connectivity index (χ3n) is 5.17. The van der Waals surface area contributed by atoms with Gasteiger partial charge in [-0.3, -0.25) is 0 Å². The highest BCUT2D eigenvalue weighted by molar-refractivity contribution is 7.07. The molecule has 0 radical (unpaired) electrons.